The maximum absolute atomic E-state index is 13.2. The summed E-state index contributed by atoms with van der Waals surface area (Å²) in [6.45, 7) is 1.20. The second-order valence-electron chi connectivity index (χ2n) is 7.90. The number of aromatic nitrogens is 2. The van der Waals surface area contributed by atoms with Crippen molar-refractivity contribution in [2.75, 3.05) is 11.9 Å². The number of hydrogen-bond donors (Lipinski definition) is 4. The fourth-order valence-corrected chi connectivity index (χ4v) is 3.99. The van der Waals surface area contributed by atoms with Gasteiger partial charge in [-0.2, -0.15) is 0 Å². The molecule has 0 saturated carbocycles. The molecule has 9 nitrogen and oxygen atoms in total. The van der Waals surface area contributed by atoms with E-state index in [4.69, 9.17) is 0 Å². The fraction of sp³-hybridized carbons (Fsp3) is 0.130. The van der Waals surface area contributed by atoms with E-state index in [1.165, 1.54) is 0 Å². The van der Waals surface area contributed by atoms with Crippen LogP contribution in [-0.4, -0.2) is 39.3 Å². The van der Waals surface area contributed by atoms with Crippen molar-refractivity contribution in [2.45, 2.75) is 12.5 Å². The van der Waals surface area contributed by atoms with Crippen molar-refractivity contribution in [3.05, 3.63) is 76.7 Å². The SMILES string of the molecule is C[C@@]1(c2ccc3ccccc3c2)NC(=O)N(CC(=O)Nc2ccc3[nH]c(=O)[nH]c3c2)C1=O. The minimum atomic E-state index is -1.27. The molecule has 1 aromatic heterocycles. The number of nitrogens with one attached hydrogen (secondary N) is 4. The standard InChI is InChI=1S/C23H19N5O4/c1-23(15-7-6-13-4-2-3-5-14(13)10-15)20(30)28(22(32)27-23)12-19(29)24-16-8-9-17-18(11-16)26-21(31)25-17/h2-11H,12H2,1H3,(H,24,29)(H,27,32)(H2,25,26,31)/t23-/m0/s1. The number of imide groups is 1. The molecule has 0 radical (unpaired) electrons. The van der Waals surface area contributed by atoms with Crippen LogP contribution in [0.5, 0.6) is 0 Å². The quantitative estimate of drug-likeness (QED) is 0.372. The van der Waals surface area contributed by atoms with E-state index in [0.717, 1.165) is 15.7 Å². The lowest BCUT2D eigenvalue weighted by Crippen LogP contribution is -2.42. The van der Waals surface area contributed by atoms with Gasteiger partial charge in [0.25, 0.3) is 5.91 Å². The van der Waals surface area contributed by atoms with Gasteiger partial charge in [-0.25, -0.2) is 9.59 Å². The van der Waals surface area contributed by atoms with Crippen LogP contribution in [0.4, 0.5) is 10.5 Å². The number of hydrogen-bond acceptors (Lipinski definition) is 4. The van der Waals surface area contributed by atoms with Gasteiger partial charge in [-0.3, -0.25) is 14.5 Å². The summed E-state index contributed by atoms with van der Waals surface area (Å²) in [5.74, 6) is -1.04. The number of carbonyl (C=O) groups excluding carboxylic acids is 3. The van der Waals surface area contributed by atoms with Crippen molar-refractivity contribution >= 4 is 45.3 Å². The highest BCUT2D eigenvalue weighted by Gasteiger charge is 2.49. The molecular formula is C23H19N5O4. The Hall–Kier alpha value is -4.40. The maximum Gasteiger partial charge on any atom is 0.325 e. The van der Waals surface area contributed by atoms with Gasteiger partial charge in [0.1, 0.15) is 12.1 Å². The van der Waals surface area contributed by atoms with Gasteiger partial charge < -0.3 is 20.6 Å². The molecule has 0 unspecified atom stereocenters. The molecule has 4 N–H and O–H groups in total. The number of aromatic amines is 2. The molecule has 3 aromatic carbocycles. The number of fused-ring (bicyclic) bond motifs is 2. The number of H-pyrrole nitrogens is 2. The Morgan fingerprint density at radius 2 is 1.69 bits per heavy atom. The lowest BCUT2D eigenvalue weighted by Gasteiger charge is -2.22. The van der Waals surface area contributed by atoms with Crippen LogP contribution in [0.25, 0.3) is 21.8 Å². The molecule has 0 bridgehead atoms. The van der Waals surface area contributed by atoms with Gasteiger partial charge in [0.2, 0.25) is 5.91 Å². The van der Waals surface area contributed by atoms with Gasteiger partial charge in [0.05, 0.1) is 11.0 Å². The fourth-order valence-electron chi connectivity index (χ4n) is 3.99. The zero-order chi connectivity index (χ0) is 22.5. The van der Waals surface area contributed by atoms with Crippen LogP contribution in [-0.2, 0) is 15.1 Å². The van der Waals surface area contributed by atoms with Gasteiger partial charge in [0, 0.05) is 5.69 Å². The number of amides is 4. The first-order chi connectivity index (χ1) is 15.3. The van der Waals surface area contributed by atoms with Gasteiger partial charge in [0.15, 0.2) is 0 Å². The van der Waals surface area contributed by atoms with Crippen molar-refractivity contribution in [3.63, 3.8) is 0 Å². The van der Waals surface area contributed by atoms with Gasteiger partial charge in [-0.05, 0) is 47.5 Å². The molecule has 1 aliphatic heterocycles. The monoisotopic (exact) mass is 429 g/mol. The predicted molar refractivity (Wildman–Crippen MR) is 119 cm³/mol. The predicted octanol–water partition coefficient (Wildman–Crippen LogP) is 2.42. The number of urea groups is 1. The van der Waals surface area contributed by atoms with Crippen LogP contribution in [0.15, 0.2) is 65.5 Å². The van der Waals surface area contributed by atoms with Crippen molar-refractivity contribution in [2.24, 2.45) is 0 Å². The topological polar surface area (TPSA) is 127 Å². The number of nitrogens with zero attached hydrogens (tertiary/aromatic N) is 1. The highest BCUT2D eigenvalue weighted by Crippen LogP contribution is 2.31. The smallest absolute Gasteiger partial charge is 0.324 e. The number of imidazole rings is 1. The van der Waals surface area contributed by atoms with E-state index in [2.05, 4.69) is 20.6 Å². The van der Waals surface area contributed by atoms with E-state index in [9.17, 15) is 19.2 Å². The number of anilines is 1. The zero-order valence-corrected chi connectivity index (χ0v) is 17.1. The molecule has 1 saturated heterocycles. The van der Waals surface area contributed by atoms with Crippen LogP contribution >= 0.6 is 0 Å². The average Bonchev–Trinajstić information content (AvgIpc) is 3.24. The van der Waals surface area contributed by atoms with Crippen LogP contribution in [0.3, 0.4) is 0 Å². The summed E-state index contributed by atoms with van der Waals surface area (Å²) in [5, 5.41) is 7.34. The molecule has 1 aliphatic rings. The highest BCUT2D eigenvalue weighted by atomic mass is 16.2. The van der Waals surface area contributed by atoms with Gasteiger partial charge in [-0.15, -0.1) is 0 Å². The summed E-state index contributed by atoms with van der Waals surface area (Å²) in [6, 6.07) is 17.5. The molecule has 4 amide bonds. The first kappa shape index (κ1) is 19.6. The summed E-state index contributed by atoms with van der Waals surface area (Å²) in [6.07, 6.45) is 0. The molecule has 5 rings (SSSR count). The van der Waals surface area contributed by atoms with Gasteiger partial charge >= 0.3 is 11.7 Å². The summed E-state index contributed by atoms with van der Waals surface area (Å²) in [4.78, 5) is 55.8. The lowest BCUT2D eigenvalue weighted by atomic mass is 9.90. The van der Waals surface area contributed by atoms with E-state index in [1.54, 1.807) is 31.2 Å². The van der Waals surface area contributed by atoms with Crippen LogP contribution in [0, 0.1) is 0 Å². The summed E-state index contributed by atoms with van der Waals surface area (Å²) in [7, 11) is 0. The third-order valence-corrected chi connectivity index (χ3v) is 5.70. The Balaban J connectivity index is 1.35. The first-order valence-electron chi connectivity index (χ1n) is 9.99. The molecule has 32 heavy (non-hydrogen) atoms. The molecule has 4 aromatic rings. The Labute approximate surface area is 181 Å². The van der Waals surface area contributed by atoms with Crippen LogP contribution in [0.1, 0.15) is 12.5 Å². The third-order valence-electron chi connectivity index (χ3n) is 5.70. The van der Waals surface area contributed by atoms with Crippen molar-refractivity contribution < 1.29 is 14.4 Å². The molecule has 1 fully saturated rings. The zero-order valence-electron chi connectivity index (χ0n) is 17.1. The first-order valence-corrected chi connectivity index (χ1v) is 9.99. The number of rotatable bonds is 4. The van der Waals surface area contributed by atoms with Crippen LogP contribution < -0.4 is 16.3 Å². The van der Waals surface area contributed by atoms with E-state index in [0.29, 0.717) is 22.3 Å². The lowest BCUT2D eigenvalue weighted by molar-refractivity contribution is -0.133. The Kier molecular flexibility index (Phi) is 4.33. The molecule has 2 heterocycles. The molecule has 160 valence electrons. The van der Waals surface area contributed by atoms with Crippen LogP contribution in [0.2, 0.25) is 0 Å². The Morgan fingerprint density at radius 3 is 2.50 bits per heavy atom. The number of carbonyl (C=O) groups is 3. The van der Waals surface area contributed by atoms with Crippen molar-refractivity contribution in [3.8, 4) is 0 Å². The van der Waals surface area contributed by atoms with E-state index in [1.807, 2.05) is 36.4 Å². The van der Waals surface area contributed by atoms with Crippen molar-refractivity contribution in [1.82, 2.24) is 20.2 Å². The second-order valence-corrected chi connectivity index (χ2v) is 7.90. The molecule has 9 heteroatoms. The molecule has 1 atom stereocenters. The normalized spacial score (nSPS) is 18.3. The van der Waals surface area contributed by atoms with E-state index < -0.39 is 29.9 Å². The highest BCUT2D eigenvalue weighted by molar-refractivity contribution is 6.10. The molecular weight excluding hydrogens is 410 g/mol. The average molecular weight is 429 g/mol. The van der Waals surface area contributed by atoms with Gasteiger partial charge in [-0.1, -0.05) is 36.4 Å². The third kappa shape index (κ3) is 3.20. The number of benzene rings is 3. The minimum Gasteiger partial charge on any atom is -0.324 e. The molecule has 0 aliphatic carbocycles. The maximum atomic E-state index is 13.2. The molecule has 0 spiro atoms. The minimum absolute atomic E-state index is 0.351. The van der Waals surface area contributed by atoms with Crippen molar-refractivity contribution in [1.29, 1.82) is 0 Å². The van der Waals surface area contributed by atoms with E-state index >= 15 is 0 Å². The Morgan fingerprint density at radius 1 is 0.938 bits per heavy atom. The summed E-state index contributed by atoms with van der Waals surface area (Å²) < 4.78 is 0. The second kappa shape index (κ2) is 7.09. The van der Waals surface area contributed by atoms with E-state index in [-0.39, 0.29) is 5.69 Å². The Bertz CT molecular complexity index is 1470. The summed E-state index contributed by atoms with van der Waals surface area (Å²) >= 11 is 0. The summed E-state index contributed by atoms with van der Waals surface area (Å²) in [5.41, 5.74) is 0.586. The largest absolute Gasteiger partial charge is 0.325 e.